The molecule has 0 amide bonds. The summed E-state index contributed by atoms with van der Waals surface area (Å²) in [5.74, 6) is 2.01. The molecule has 0 saturated heterocycles. The minimum atomic E-state index is 0.639. The Morgan fingerprint density at radius 3 is 2.62 bits per heavy atom. The van der Waals surface area contributed by atoms with Gasteiger partial charge in [-0.05, 0) is 26.2 Å². The van der Waals surface area contributed by atoms with Crippen LogP contribution in [0.15, 0.2) is 6.33 Å². The number of nitrogens with zero attached hydrogens (tertiary/aromatic N) is 2. The molecule has 16 heavy (non-hydrogen) atoms. The van der Waals surface area contributed by atoms with Gasteiger partial charge in [0.15, 0.2) is 0 Å². The summed E-state index contributed by atoms with van der Waals surface area (Å²) in [5, 5.41) is 6.78. The lowest BCUT2D eigenvalue weighted by atomic mass is 10.1. The first-order valence-electron chi connectivity index (χ1n) is 6.19. The van der Waals surface area contributed by atoms with E-state index in [0.29, 0.717) is 6.04 Å². The van der Waals surface area contributed by atoms with Crippen molar-refractivity contribution in [3.05, 3.63) is 11.9 Å². The largest absolute Gasteiger partial charge is 0.370 e. The van der Waals surface area contributed by atoms with Crippen molar-refractivity contribution >= 4 is 11.6 Å². The van der Waals surface area contributed by atoms with Crippen molar-refractivity contribution in [3.63, 3.8) is 0 Å². The Kier molecular flexibility index (Phi) is 3.59. The molecular formula is C12H20N4. The van der Waals surface area contributed by atoms with Crippen LogP contribution in [0.4, 0.5) is 11.6 Å². The van der Waals surface area contributed by atoms with Crippen molar-refractivity contribution in [1.82, 2.24) is 9.97 Å². The van der Waals surface area contributed by atoms with Gasteiger partial charge in [-0.15, -0.1) is 0 Å². The van der Waals surface area contributed by atoms with Crippen LogP contribution in [0.2, 0.25) is 0 Å². The Bertz CT molecular complexity index is 347. The third-order valence-corrected chi connectivity index (χ3v) is 2.71. The molecule has 1 fully saturated rings. The van der Waals surface area contributed by atoms with Gasteiger partial charge in [-0.2, -0.15) is 0 Å². The van der Waals surface area contributed by atoms with Crippen LogP contribution in [0.1, 0.15) is 38.7 Å². The number of hydrogen-bond acceptors (Lipinski definition) is 4. The van der Waals surface area contributed by atoms with E-state index in [1.807, 2.05) is 0 Å². The van der Waals surface area contributed by atoms with E-state index in [1.165, 1.54) is 18.4 Å². The SMILES string of the molecule is CCCc1c(NCC)ncnc1NC1CC1. The van der Waals surface area contributed by atoms with E-state index in [4.69, 9.17) is 0 Å². The minimum absolute atomic E-state index is 0.639. The molecule has 0 atom stereocenters. The molecule has 1 saturated carbocycles. The maximum Gasteiger partial charge on any atom is 0.134 e. The third-order valence-electron chi connectivity index (χ3n) is 2.71. The molecule has 0 unspecified atom stereocenters. The summed E-state index contributed by atoms with van der Waals surface area (Å²) in [6.45, 7) is 5.17. The first kappa shape index (κ1) is 11.2. The zero-order valence-electron chi connectivity index (χ0n) is 10.1. The van der Waals surface area contributed by atoms with Gasteiger partial charge in [0.25, 0.3) is 0 Å². The highest BCUT2D eigenvalue weighted by molar-refractivity contribution is 5.58. The lowest BCUT2D eigenvalue weighted by Gasteiger charge is -2.13. The van der Waals surface area contributed by atoms with Crippen molar-refractivity contribution in [3.8, 4) is 0 Å². The van der Waals surface area contributed by atoms with Gasteiger partial charge in [-0.3, -0.25) is 0 Å². The maximum absolute atomic E-state index is 4.36. The molecule has 1 aromatic rings. The number of nitrogens with one attached hydrogen (secondary N) is 2. The van der Waals surface area contributed by atoms with E-state index in [2.05, 4.69) is 34.4 Å². The van der Waals surface area contributed by atoms with Crippen LogP contribution in [-0.4, -0.2) is 22.6 Å². The summed E-state index contributed by atoms with van der Waals surface area (Å²) in [6, 6.07) is 0.639. The van der Waals surface area contributed by atoms with Gasteiger partial charge < -0.3 is 10.6 Å². The zero-order valence-corrected chi connectivity index (χ0v) is 10.1. The van der Waals surface area contributed by atoms with Crippen molar-refractivity contribution in [2.75, 3.05) is 17.2 Å². The number of anilines is 2. The molecule has 0 bridgehead atoms. The maximum atomic E-state index is 4.36. The van der Waals surface area contributed by atoms with Crippen LogP contribution < -0.4 is 10.6 Å². The fourth-order valence-electron chi connectivity index (χ4n) is 1.76. The zero-order chi connectivity index (χ0) is 11.4. The van der Waals surface area contributed by atoms with Gasteiger partial charge in [0, 0.05) is 18.2 Å². The Hall–Kier alpha value is -1.32. The highest BCUT2D eigenvalue weighted by atomic mass is 15.1. The molecule has 2 N–H and O–H groups in total. The minimum Gasteiger partial charge on any atom is -0.370 e. The van der Waals surface area contributed by atoms with Gasteiger partial charge in [0.1, 0.15) is 18.0 Å². The normalized spacial score (nSPS) is 14.9. The summed E-state index contributed by atoms with van der Waals surface area (Å²) in [4.78, 5) is 8.67. The molecule has 1 aliphatic rings. The van der Waals surface area contributed by atoms with Gasteiger partial charge in [0.2, 0.25) is 0 Å². The summed E-state index contributed by atoms with van der Waals surface area (Å²) in [7, 11) is 0. The monoisotopic (exact) mass is 220 g/mol. The van der Waals surface area contributed by atoms with Crippen molar-refractivity contribution < 1.29 is 0 Å². The number of rotatable bonds is 6. The fraction of sp³-hybridized carbons (Fsp3) is 0.667. The average molecular weight is 220 g/mol. The van der Waals surface area contributed by atoms with Crippen LogP contribution in [0, 0.1) is 0 Å². The Morgan fingerprint density at radius 2 is 2.00 bits per heavy atom. The lowest BCUT2D eigenvalue weighted by molar-refractivity contribution is 0.895. The van der Waals surface area contributed by atoms with Crippen LogP contribution in [0.3, 0.4) is 0 Å². The predicted octanol–water partition coefficient (Wildman–Crippen LogP) is 2.44. The predicted molar refractivity (Wildman–Crippen MR) is 66.8 cm³/mol. The summed E-state index contributed by atoms with van der Waals surface area (Å²) < 4.78 is 0. The topological polar surface area (TPSA) is 49.8 Å². The number of hydrogen-bond donors (Lipinski definition) is 2. The Balaban J connectivity index is 2.21. The molecule has 0 aliphatic heterocycles. The third kappa shape index (κ3) is 2.62. The molecule has 0 aromatic carbocycles. The second-order valence-corrected chi connectivity index (χ2v) is 4.25. The van der Waals surface area contributed by atoms with Gasteiger partial charge in [-0.25, -0.2) is 9.97 Å². The number of aromatic nitrogens is 2. The summed E-state index contributed by atoms with van der Waals surface area (Å²) >= 11 is 0. The van der Waals surface area contributed by atoms with Crippen molar-refractivity contribution in [2.45, 2.75) is 45.6 Å². The Labute approximate surface area is 96.9 Å². The first-order chi connectivity index (χ1) is 7.85. The highest BCUT2D eigenvalue weighted by Crippen LogP contribution is 2.28. The van der Waals surface area contributed by atoms with Crippen LogP contribution in [0.25, 0.3) is 0 Å². The van der Waals surface area contributed by atoms with E-state index in [9.17, 15) is 0 Å². The molecular weight excluding hydrogens is 200 g/mol. The smallest absolute Gasteiger partial charge is 0.134 e. The van der Waals surface area contributed by atoms with Gasteiger partial charge in [-0.1, -0.05) is 13.3 Å². The van der Waals surface area contributed by atoms with Crippen LogP contribution in [0.5, 0.6) is 0 Å². The highest BCUT2D eigenvalue weighted by Gasteiger charge is 2.23. The second kappa shape index (κ2) is 5.14. The molecule has 2 rings (SSSR count). The lowest BCUT2D eigenvalue weighted by Crippen LogP contribution is -2.11. The van der Waals surface area contributed by atoms with Crippen molar-refractivity contribution in [1.29, 1.82) is 0 Å². The van der Waals surface area contributed by atoms with E-state index in [1.54, 1.807) is 6.33 Å². The van der Waals surface area contributed by atoms with E-state index in [-0.39, 0.29) is 0 Å². The van der Waals surface area contributed by atoms with Crippen molar-refractivity contribution in [2.24, 2.45) is 0 Å². The fourth-order valence-corrected chi connectivity index (χ4v) is 1.76. The van der Waals surface area contributed by atoms with Gasteiger partial charge in [0.05, 0.1) is 0 Å². The average Bonchev–Trinajstić information content (AvgIpc) is 3.07. The molecule has 1 aromatic heterocycles. The molecule has 4 nitrogen and oxygen atoms in total. The van der Waals surface area contributed by atoms with Crippen LogP contribution in [-0.2, 0) is 6.42 Å². The van der Waals surface area contributed by atoms with E-state index >= 15 is 0 Å². The summed E-state index contributed by atoms with van der Waals surface area (Å²) in [5.41, 5.74) is 1.23. The molecule has 1 aliphatic carbocycles. The molecule has 0 radical (unpaired) electrons. The van der Waals surface area contributed by atoms with E-state index < -0.39 is 0 Å². The molecule has 88 valence electrons. The molecule has 1 heterocycles. The molecule has 4 heteroatoms. The van der Waals surface area contributed by atoms with Crippen LogP contribution >= 0.6 is 0 Å². The second-order valence-electron chi connectivity index (χ2n) is 4.25. The Morgan fingerprint density at radius 1 is 1.25 bits per heavy atom. The molecule has 0 spiro atoms. The summed E-state index contributed by atoms with van der Waals surface area (Å²) in [6.07, 6.45) is 6.32. The standard InChI is InChI=1S/C12H20N4/c1-3-5-10-11(13-4-2)14-8-15-12(10)16-9-6-7-9/h8-9H,3-7H2,1-2H3,(H2,13,14,15,16). The quantitative estimate of drug-likeness (QED) is 0.773. The first-order valence-corrected chi connectivity index (χ1v) is 6.19. The van der Waals surface area contributed by atoms with Gasteiger partial charge >= 0.3 is 0 Å². The van der Waals surface area contributed by atoms with E-state index in [0.717, 1.165) is 31.0 Å².